The molecule has 1 saturated heterocycles. The molecule has 2 heterocycles. The SMILES string of the molecule is CCN(CC)C(=O)C1CSCN1C(=O)c1c(C)coc1CC(=O)O. The van der Waals surface area contributed by atoms with Crippen LogP contribution in [0.5, 0.6) is 0 Å². The van der Waals surface area contributed by atoms with Crippen molar-refractivity contribution in [3.8, 4) is 0 Å². The third kappa shape index (κ3) is 3.58. The number of rotatable bonds is 6. The Hall–Kier alpha value is -1.96. The number of amides is 2. The largest absolute Gasteiger partial charge is 0.481 e. The fraction of sp³-hybridized carbons (Fsp3) is 0.562. The molecular formula is C16H22N2O5S. The Balaban J connectivity index is 2.27. The van der Waals surface area contributed by atoms with E-state index in [-0.39, 0.29) is 29.6 Å². The molecule has 1 atom stereocenters. The molecule has 0 bridgehead atoms. The Morgan fingerprint density at radius 1 is 1.38 bits per heavy atom. The van der Waals surface area contributed by atoms with Crippen LogP contribution in [0.15, 0.2) is 10.7 Å². The molecule has 2 rings (SSSR count). The van der Waals surface area contributed by atoms with Gasteiger partial charge in [-0.05, 0) is 20.8 Å². The number of likely N-dealkylation sites (N-methyl/N-ethyl adjacent to an activating group) is 1. The second kappa shape index (κ2) is 7.74. The Labute approximate surface area is 145 Å². The van der Waals surface area contributed by atoms with Crippen molar-refractivity contribution in [2.45, 2.75) is 33.2 Å². The van der Waals surface area contributed by atoms with Crippen molar-refractivity contribution in [3.63, 3.8) is 0 Å². The summed E-state index contributed by atoms with van der Waals surface area (Å²) in [6, 6.07) is -0.519. The van der Waals surface area contributed by atoms with Crippen LogP contribution < -0.4 is 0 Å². The normalized spacial score (nSPS) is 17.1. The van der Waals surface area contributed by atoms with Gasteiger partial charge < -0.3 is 19.3 Å². The van der Waals surface area contributed by atoms with Gasteiger partial charge in [0.25, 0.3) is 5.91 Å². The highest BCUT2D eigenvalue weighted by Gasteiger charge is 2.38. The highest BCUT2D eigenvalue weighted by atomic mass is 32.2. The monoisotopic (exact) mass is 354 g/mol. The molecule has 0 aromatic carbocycles. The minimum atomic E-state index is -1.06. The van der Waals surface area contributed by atoms with Crippen LogP contribution in [-0.4, -0.2) is 63.5 Å². The van der Waals surface area contributed by atoms with Crippen LogP contribution in [0.2, 0.25) is 0 Å². The number of carbonyl (C=O) groups excluding carboxylic acids is 2. The number of aryl methyl sites for hydroxylation is 1. The molecule has 1 N–H and O–H groups in total. The van der Waals surface area contributed by atoms with E-state index >= 15 is 0 Å². The number of carboxylic acid groups (broad SMARTS) is 1. The van der Waals surface area contributed by atoms with E-state index in [0.29, 0.717) is 30.3 Å². The summed E-state index contributed by atoms with van der Waals surface area (Å²) in [5.74, 6) is -0.381. The maximum absolute atomic E-state index is 12.9. The van der Waals surface area contributed by atoms with Gasteiger partial charge >= 0.3 is 5.97 Å². The molecule has 1 fully saturated rings. The van der Waals surface area contributed by atoms with Crippen LogP contribution in [0.1, 0.15) is 35.5 Å². The first-order chi connectivity index (χ1) is 11.4. The fourth-order valence-electron chi connectivity index (χ4n) is 2.79. The molecule has 2 amide bonds. The van der Waals surface area contributed by atoms with Crippen molar-refractivity contribution in [1.29, 1.82) is 0 Å². The average molecular weight is 354 g/mol. The summed E-state index contributed by atoms with van der Waals surface area (Å²) in [6.45, 7) is 6.69. The van der Waals surface area contributed by atoms with Gasteiger partial charge in [-0.15, -0.1) is 11.8 Å². The second-order valence-electron chi connectivity index (χ2n) is 5.59. The number of hydrogen-bond acceptors (Lipinski definition) is 5. The van der Waals surface area contributed by atoms with Crippen LogP contribution in [0, 0.1) is 6.92 Å². The Kier molecular flexibility index (Phi) is 5.93. The second-order valence-corrected chi connectivity index (χ2v) is 6.59. The lowest BCUT2D eigenvalue weighted by molar-refractivity contribution is -0.136. The smallest absolute Gasteiger partial charge is 0.311 e. The van der Waals surface area contributed by atoms with E-state index in [2.05, 4.69) is 0 Å². The third-order valence-electron chi connectivity index (χ3n) is 4.08. The van der Waals surface area contributed by atoms with Crippen molar-refractivity contribution in [2.75, 3.05) is 24.7 Å². The highest BCUT2D eigenvalue weighted by molar-refractivity contribution is 7.99. The Morgan fingerprint density at radius 2 is 2.04 bits per heavy atom. The first-order valence-corrected chi connectivity index (χ1v) is 9.02. The lowest BCUT2D eigenvalue weighted by Crippen LogP contribution is -2.49. The van der Waals surface area contributed by atoms with E-state index in [0.717, 1.165) is 0 Å². The summed E-state index contributed by atoms with van der Waals surface area (Å²) in [4.78, 5) is 39.8. The van der Waals surface area contributed by atoms with E-state index in [4.69, 9.17) is 9.52 Å². The zero-order valence-electron chi connectivity index (χ0n) is 14.1. The number of furan rings is 1. The van der Waals surface area contributed by atoms with Gasteiger partial charge in [-0.25, -0.2) is 0 Å². The fourth-order valence-corrected chi connectivity index (χ4v) is 3.93. The van der Waals surface area contributed by atoms with Crippen LogP contribution >= 0.6 is 11.8 Å². The summed E-state index contributed by atoms with van der Waals surface area (Å²) < 4.78 is 5.24. The standard InChI is InChI=1S/C16H22N2O5S/c1-4-17(5-2)15(21)11-8-24-9-18(11)16(22)14-10(3)7-23-12(14)6-13(19)20/h7,11H,4-6,8-9H2,1-3H3,(H,19,20). The highest BCUT2D eigenvalue weighted by Crippen LogP contribution is 2.28. The van der Waals surface area contributed by atoms with E-state index in [1.165, 1.54) is 22.9 Å². The molecule has 7 nitrogen and oxygen atoms in total. The summed E-state index contributed by atoms with van der Waals surface area (Å²) in [6.07, 6.45) is 1.03. The molecule has 0 radical (unpaired) electrons. The molecule has 1 aliphatic heterocycles. The quantitative estimate of drug-likeness (QED) is 0.834. The molecule has 132 valence electrons. The molecule has 1 aromatic rings. The van der Waals surface area contributed by atoms with Crippen molar-refractivity contribution in [2.24, 2.45) is 0 Å². The van der Waals surface area contributed by atoms with E-state index in [1.807, 2.05) is 13.8 Å². The van der Waals surface area contributed by atoms with Gasteiger partial charge in [0, 0.05) is 24.4 Å². The van der Waals surface area contributed by atoms with Gasteiger partial charge in [0.2, 0.25) is 5.91 Å². The maximum atomic E-state index is 12.9. The van der Waals surface area contributed by atoms with Gasteiger partial charge in [-0.2, -0.15) is 0 Å². The van der Waals surface area contributed by atoms with Crippen LogP contribution in [0.4, 0.5) is 0 Å². The summed E-state index contributed by atoms with van der Waals surface area (Å²) in [5, 5.41) is 8.97. The summed E-state index contributed by atoms with van der Waals surface area (Å²) >= 11 is 1.52. The van der Waals surface area contributed by atoms with Gasteiger partial charge in [0.15, 0.2) is 0 Å². The summed E-state index contributed by atoms with van der Waals surface area (Å²) in [7, 11) is 0. The molecule has 8 heteroatoms. The van der Waals surface area contributed by atoms with E-state index in [9.17, 15) is 14.4 Å². The van der Waals surface area contributed by atoms with Gasteiger partial charge in [0.05, 0.1) is 17.7 Å². The first kappa shape index (κ1) is 18.4. The molecular weight excluding hydrogens is 332 g/mol. The number of carbonyl (C=O) groups is 3. The predicted molar refractivity (Wildman–Crippen MR) is 90.0 cm³/mol. The summed E-state index contributed by atoms with van der Waals surface area (Å²) in [5.41, 5.74) is 0.847. The molecule has 24 heavy (non-hydrogen) atoms. The van der Waals surface area contributed by atoms with Crippen molar-refractivity contribution < 1.29 is 23.9 Å². The number of hydrogen-bond donors (Lipinski definition) is 1. The molecule has 1 aliphatic rings. The Bertz CT molecular complexity index is 638. The van der Waals surface area contributed by atoms with Crippen molar-refractivity contribution >= 4 is 29.5 Å². The zero-order chi connectivity index (χ0) is 17.9. The minimum Gasteiger partial charge on any atom is -0.481 e. The van der Waals surface area contributed by atoms with E-state index in [1.54, 1.807) is 11.8 Å². The number of aliphatic carboxylic acids is 1. The topological polar surface area (TPSA) is 91.1 Å². The number of thioether (sulfide) groups is 1. The van der Waals surface area contributed by atoms with E-state index < -0.39 is 12.0 Å². The average Bonchev–Trinajstić information content (AvgIpc) is 3.14. The van der Waals surface area contributed by atoms with Crippen LogP contribution in [0.25, 0.3) is 0 Å². The number of carboxylic acids is 1. The molecule has 0 aliphatic carbocycles. The van der Waals surface area contributed by atoms with Crippen LogP contribution in [0.3, 0.4) is 0 Å². The lowest BCUT2D eigenvalue weighted by Gasteiger charge is -2.28. The zero-order valence-corrected chi connectivity index (χ0v) is 14.9. The van der Waals surface area contributed by atoms with Gasteiger partial charge in [-0.1, -0.05) is 0 Å². The lowest BCUT2D eigenvalue weighted by atomic mass is 10.1. The maximum Gasteiger partial charge on any atom is 0.311 e. The van der Waals surface area contributed by atoms with Crippen molar-refractivity contribution in [1.82, 2.24) is 9.80 Å². The van der Waals surface area contributed by atoms with Gasteiger partial charge in [0.1, 0.15) is 18.2 Å². The predicted octanol–water partition coefficient (Wildman–Crippen LogP) is 1.60. The van der Waals surface area contributed by atoms with Crippen molar-refractivity contribution in [3.05, 3.63) is 23.2 Å². The minimum absolute atomic E-state index is 0.0701. The number of nitrogens with zero attached hydrogens (tertiary/aromatic N) is 2. The van der Waals surface area contributed by atoms with Crippen LogP contribution in [-0.2, 0) is 16.0 Å². The molecule has 1 aromatic heterocycles. The van der Waals surface area contributed by atoms with Gasteiger partial charge in [-0.3, -0.25) is 14.4 Å². The molecule has 1 unspecified atom stereocenters. The molecule has 0 saturated carbocycles. The Morgan fingerprint density at radius 3 is 2.62 bits per heavy atom. The first-order valence-electron chi connectivity index (χ1n) is 7.86. The molecule has 0 spiro atoms. The third-order valence-corrected chi connectivity index (χ3v) is 5.09.